The number of carboxylic acids is 1. The van der Waals surface area contributed by atoms with Gasteiger partial charge in [0.25, 0.3) is 5.91 Å². The van der Waals surface area contributed by atoms with Crippen molar-refractivity contribution in [3.8, 4) is 5.75 Å². The summed E-state index contributed by atoms with van der Waals surface area (Å²) in [5.41, 5.74) is 5.10. The maximum Gasteiger partial charge on any atom is 0.303 e. The smallest absolute Gasteiger partial charge is 0.303 e. The van der Waals surface area contributed by atoms with Crippen molar-refractivity contribution < 1.29 is 19.4 Å². The molecule has 26 heavy (non-hydrogen) atoms. The van der Waals surface area contributed by atoms with Gasteiger partial charge in [0.2, 0.25) is 0 Å². The Morgan fingerprint density at radius 1 is 1.23 bits per heavy atom. The number of methoxy groups -OCH3 is 1. The van der Waals surface area contributed by atoms with E-state index >= 15 is 0 Å². The van der Waals surface area contributed by atoms with Crippen molar-refractivity contribution in [2.45, 2.75) is 18.8 Å². The molecule has 1 unspecified atom stereocenters. The summed E-state index contributed by atoms with van der Waals surface area (Å²) in [4.78, 5) is 23.9. The molecule has 4 rings (SSSR count). The van der Waals surface area contributed by atoms with Gasteiger partial charge in [-0.15, -0.1) is 0 Å². The second kappa shape index (κ2) is 7.27. The molecule has 1 heterocycles. The van der Waals surface area contributed by atoms with Gasteiger partial charge in [0.05, 0.1) is 19.1 Å². The van der Waals surface area contributed by atoms with Crippen molar-refractivity contribution in [3.63, 3.8) is 0 Å². The molecule has 0 saturated heterocycles. The molecule has 127 valence electrons. The van der Waals surface area contributed by atoms with Crippen molar-refractivity contribution in [1.29, 1.82) is 0 Å². The Labute approximate surface area is 173 Å². The van der Waals surface area contributed by atoms with E-state index in [1.165, 1.54) is 0 Å². The number of carbonyl (C=O) groups excluding carboxylic acids is 1. The Kier molecular flexibility index (Phi) is 5.23. The molecule has 2 aromatic carbocycles. The van der Waals surface area contributed by atoms with Crippen molar-refractivity contribution in [3.05, 3.63) is 59.2 Å². The summed E-state index contributed by atoms with van der Waals surface area (Å²) in [6.45, 7) is 0. The van der Waals surface area contributed by atoms with E-state index in [2.05, 4.69) is 5.32 Å². The van der Waals surface area contributed by atoms with Gasteiger partial charge in [-0.3, -0.25) is 9.59 Å². The van der Waals surface area contributed by atoms with Crippen molar-refractivity contribution >= 4 is 58.3 Å². The number of nitrogens with one attached hydrogen (secondary N) is 1. The van der Waals surface area contributed by atoms with Crippen LogP contribution in [0.3, 0.4) is 0 Å². The van der Waals surface area contributed by atoms with Crippen LogP contribution < -0.4 is 10.1 Å². The van der Waals surface area contributed by atoms with Crippen LogP contribution in [0.5, 0.6) is 5.75 Å². The predicted molar refractivity (Wildman–Crippen MR) is 100 cm³/mol. The van der Waals surface area contributed by atoms with Crippen LogP contribution in [0.25, 0.3) is 11.1 Å². The number of allylic oxidation sites excluding steroid dienone is 1. The van der Waals surface area contributed by atoms with Gasteiger partial charge >= 0.3 is 5.97 Å². The van der Waals surface area contributed by atoms with E-state index in [9.17, 15) is 14.7 Å². The maximum absolute atomic E-state index is 12.6. The molecule has 1 radical (unpaired) electrons. The van der Waals surface area contributed by atoms with E-state index in [0.717, 1.165) is 28.0 Å². The maximum atomic E-state index is 12.6. The van der Waals surface area contributed by atoms with Gasteiger partial charge in [-0.1, -0.05) is 24.3 Å². The molecule has 2 N–H and O–H groups in total. The van der Waals surface area contributed by atoms with Crippen LogP contribution in [0.15, 0.2) is 42.5 Å². The number of amides is 1. The van der Waals surface area contributed by atoms with Gasteiger partial charge in [-0.05, 0) is 47.2 Å². The molecule has 2 aliphatic rings. The van der Waals surface area contributed by atoms with Gasteiger partial charge in [0.1, 0.15) is 5.75 Å². The van der Waals surface area contributed by atoms with Crippen molar-refractivity contribution in [1.82, 2.24) is 0 Å². The first kappa shape index (κ1) is 18.7. The summed E-state index contributed by atoms with van der Waals surface area (Å²) in [5, 5.41) is 12.2. The molecule has 1 atom stereocenters. The molecule has 6 heteroatoms. The van der Waals surface area contributed by atoms with Crippen molar-refractivity contribution in [2.75, 3.05) is 12.4 Å². The van der Waals surface area contributed by atoms with Crippen LogP contribution in [0.2, 0.25) is 0 Å². The normalized spacial score (nSPS) is 20.0. The largest absolute Gasteiger partial charge is 0.497 e. The Morgan fingerprint density at radius 3 is 2.73 bits per heavy atom. The molecule has 0 bridgehead atoms. The second-order valence-corrected chi connectivity index (χ2v) is 6.31. The second-order valence-electron chi connectivity index (χ2n) is 6.31. The molecule has 0 saturated carbocycles. The molecule has 0 spiro atoms. The first-order valence-corrected chi connectivity index (χ1v) is 8.12. The third-order valence-corrected chi connectivity index (χ3v) is 4.87. The number of para-hydroxylation sites is 1. The average molecular weight is 358 g/mol. The number of carboxylic acid groups (broad SMARTS) is 1. The Bertz CT molecular complexity index is 935. The third kappa shape index (κ3) is 3.07. The summed E-state index contributed by atoms with van der Waals surface area (Å²) in [5.74, 6) is -0.447. The van der Waals surface area contributed by atoms with Crippen LogP contribution in [0.1, 0.15) is 35.4 Å². The molecule has 0 fully saturated rings. The Hall–Kier alpha value is -2.08. The zero-order valence-electron chi connectivity index (χ0n) is 14.7. The number of benzene rings is 2. The number of rotatable bonds is 3. The summed E-state index contributed by atoms with van der Waals surface area (Å²) >= 11 is 0. The molecule has 1 amide bonds. The first-order valence-electron chi connectivity index (χ1n) is 8.12. The fourth-order valence-corrected chi connectivity index (χ4v) is 3.79. The van der Waals surface area contributed by atoms with E-state index in [4.69, 9.17) is 4.74 Å². The van der Waals surface area contributed by atoms with Crippen LogP contribution in [0, 0.1) is 0 Å². The minimum absolute atomic E-state index is 0. The molecule has 0 aromatic heterocycles. The fraction of sp³-hybridized carbons (Fsp3) is 0.200. The molecule has 5 nitrogen and oxygen atoms in total. The minimum Gasteiger partial charge on any atom is -0.497 e. The first-order chi connectivity index (χ1) is 12.1. The number of anilines is 1. The van der Waals surface area contributed by atoms with Gasteiger partial charge in [0, 0.05) is 40.8 Å². The van der Waals surface area contributed by atoms with E-state index in [0.29, 0.717) is 17.7 Å². The monoisotopic (exact) mass is 358 g/mol. The summed E-state index contributed by atoms with van der Waals surface area (Å²) in [6.07, 6.45) is 0.562. The molecular formula is C20H17NNaO4. The summed E-state index contributed by atoms with van der Waals surface area (Å²) in [6, 6.07) is 13.2. The fourth-order valence-electron chi connectivity index (χ4n) is 3.79. The zero-order chi connectivity index (χ0) is 17.6. The van der Waals surface area contributed by atoms with Crippen LogP contribution in [0.4, 0.5) is 5.69 Å². The van der Waals surface area contributed by atoms with E-state index in [-0.39, 0.29) is 47.8 Å². The van der Waals surface area contributed by atoms with Crippen molar-refractivity contribution in [2.24, 2.45) is 0 Å². The van der Waals surface area contributed by atoms with Crippen LogP contribution in [-0.2, 0) is 9.59 Å². The van der Waals surface area contributed by atoms with Crippen LogP contribution in [-0.4, -0.2) is 53.7 Å². The number of hydrogen-bond acceptors (Lipinski definition) is 3. The van der Waals surface area contributed by atoms with Gasteiger partial charge in [-0.2, -0.15) is 0 Å². The topological polar surface area (TPSA) is 75.6 Å². The average Bonchev–Trinajstić information content (AvgIpc) is 3.10. The SMILES string of the molecule is COc1ccc2c(c1)C(CC(=O)O)C/C2=C1/C(=O)Nc2ccccc21.[Na]. The standard InChI is InChI=1S/C20H17NO4.Na/c1-25-12-6-7-13-15(10-12)11(9-18(22)23)8-16(13)19-14-4-2-3-5-17(14)21-20(19)24;/h2-7,10-11H,8-9H2,1H3,(H,21,24)(H,22,23);/b19-16-;. The Morgan fingerprint density at radius 2 is 2.00 bits per heavy atom. The third-order valence-electron chi connectivity index (χ3n) is 4.87. The molecule has 1 aliphatic heterocycles. The number of carbonyl (C=O) groups is 2. The van der Waals surface area contributed by atoms with E-state index < -0.39 is 5.97 Å². The molecule has 1 aliphatic carbocycles. The predicted octanol–water partition coefficient (Wildman–Crippen LogP) is 3.14. The number of aliphatic carboxylic acids is 1. The summed E-state index contributed by atoms with van der Waals surface area (Å²) < 4.78 is 5.29. The number of hydrogen-bond donors (Lipinski definition) is 2. The number of ether oxygens (including phenoxy) is 1. The molecular weight excluding hydrogens is 341 g/mol. The number of fused-ring (bicyclic) bond motifs is 2. The van der Waals surface area contributed by atoms with Gasteiger partial charge in [0.15, 0.2) is 0 Å². The molecule has 2 aromatic rings. The minimum atomic E-state index is -0.846. The quantitative estimate of drug-likeness (QED) is 0.653. The van der Waals surface area contributed by atoms with Gasteiger partial charge < -0.3 is 15.2 Å². The van der Waals surface area contributed by atoms with E-state index in [1.807, 2.05) is 42.5 Å². The van der Waals surface area contributed by atoms with Crippen LogP contribution >= 0.6 is 0 Å². The zero-order valence-corrected chi connectivity index (χ0v) is 16.7. The summed E-state index contributed by atoms with van der Waals surface area (Å²) in [7, 11) is 1.59. The Balaban J connectivity index is 0.00000196. The van der Waals surface area contributed by atoms with Gasteiger partial charge in [-0.25, -0.2) is 0 Å². The van der Waals surface area contributed by atoms with E-state index in [1.54, 1.807) is 7.11 Å².